The zero-order chi connectivity index (χ0) is 30.4. The fourth-order valence-electron chi connectivity index (χ4n) is 5.25. The van der Waals surface area contributed by atoms with Crippen LogP contribution in [-0.2, 0) is 20.4 Å². The van der Waals surface area contributed by atoms with Crippen molar-refractivity contribution in [1.29, 1.82) is 0 Å². The first kappa shape index (κ1) is 35.2. The second kappa shape index (κ2) is 13.7. The lowest BCUT2D eigenvalue weighted by molar-refractivity contribution is -0.131. The summed E-state index contributed by atoms with van der Waals surface area (Å²) in [5, 5.41) is 18.8. The lowest BCUT2D eigenvalue weighted by atomic mass is 9.72. The zero-order valence-corrected chi connectivity index (χ0v) is 28.5. The molecule has 2 N–H and O–H groups in total. The Kier molecular flexibility index (Phi) is 12.3. The molecular weight excluding hydrogens is 622 g/mol. The first-order valence-electron chi connectivity index (χ1n) is 13.3. The number of imide groups is 1. The maximum atomic E-state index is 10.4. The highest BCUT2D eigenvalue weighted by molar-refractivity contribution is 9.10. The van der Waals surface area contributed by atoms with Gasteiger partial charge in [-0.05, 0) is 85.8 Å². The van der Waals surface area contributed by atoms with Crippen LogP contribution in [0.3, 0.4) is 0 Å². The monoisotopic (exact) mass is 667 g/mol. The molecule has 1 heterocycles. The van der Waals surface area contributed by atoms with E-state index < -0.39 is 0 Å². The van der Waals surface area contributed by atoms with Crippen LogP contribution < -0.4 is 0 Å². The summed E-state index contributed by atoms with van der Waals surface area (Å²) in [7, 11) is 0. The van der Waals surface area contributed by atoms with E-state index in [-0.39, 0.29) is 22.6 Å². The number of benzene rings is 2. The zero-order valence-electron chi connectivity index (χ0n) is 25.3. The van der Waals surface area contributed by atoms with E-state index in [1.165, 1.54) is 11.1 Å². The van der Waals surface area contributed by atoms with Gasteiger partial charge in [0.2, 0.25) is 11.8 Å². The van der Waals surface area contributed by atoms with E-state index in [2.05, 4.69) is 101 Å². The third-order valence-electron chi connectivity index (χ3n) is 6.31. The quantitative estimate of drug-likeness (QED) is 0.251. The van der Waals surface area contributed by atoms with Crippen LogP contribution in [0.2, 0.25) is 0 Å². The van der Waals surface area contributed by atoms with Gasteiger partial charge in [-0.3, -0.25) is 9.59 Å². The lowest BCUT2D eigenvalue weighted by Crippen LogP contribution is -2.24. The molecule has 1 aliphatic heterocycles. The Morgan fingerprint density at radius 1 is 0.692 bits per heavy atom. The van der Waals surface area contributed by atoms with Gasteiger partial charge in [0, 0.05) is 12.8 Å². The number of carbonyl (C=O) groups excluding carboxylic acids is 2. The average molecular weight is 670 g/mol. The van der Waals surface area contributed by atoms with Crippen LogP contribution in [0.1, 0.15) is 106 Å². The van der Waals surface area contributed by atoms with Gasteiger partial charge in [0.25, 0.3) is 0 Å². The number of hydrogen-bond donors (Lipinski definition) is 2. The normalized spacial score (nSPS) is 14.4. The van der Waals surface area contributed by atoms with E-state index in [1.54, 1.807) is 18.2 Å². The Hall–Kier alpha value is -1.86. The molecule has 0 spiro atoms. The van der Waals surface area contributed by atoms with Gasteiger partial charge >= 0.3 is 0 Å². The van der Waals surface area contributed by atoms with Crippen molar-refractivity contribution in [3.8, 4) is 11.5 Å². The van der Waals surface area contributed by atoms with Crippen LogP contribution in [0.4, 0.5) is 0 Å². The molecule has 1 saturated heterocycles. The summed E-state index contributed by atoms with van der Waals surface area (Å²) in [6.45, 7) is 22.5. The summed E-state index contributed by atoms with van der Waals surface area (Å²) in [6.07, 6.45) is 2.94. The van der Waals surface area contributed by atoms with E-state index in [4.69, 9.17) is 0 Å². The number of hydrogen-bond acceptors (Lipinski definition) is 4. The molecule has 0 aromatic heterocycles. The van der Waals surface area contributed by atoms with E-state index in [1.807, 2.05) is 24.3 Å². The molecule has 7 heteroatoms. The van der Waals surface area contributed by atoms with E-state index in [0.29, 0.717) is 35.2 Å². The molecule has 0 radical (unpaired) electrons. The van der Waals surface area contributed by atoms with Gasteiger partial charge in [0.15, 0.2) is 0 Å². The van der Waals surface area contributed by atoms with Gasteiger partial charge in [-0.1, -0.05) is 87.4 Å². The van der Waals surface area contributed by atoms with Crippen molar-refractivity contribution in [2.75, 3.05) is 0 Å². The van der Waals surface area contributed by atoms with Crippen LogP contribution in [0.15, 0.2) is 46.9 Å². The molecule has 2 aromatic carbocycles. The minimum atomic E-state index is -0.144. The van der Waals surface area contributed by atoms with Crippen molar-refractivity contribution < 1.29 is 19.8 Å². The molecule has 39 heavy (non-hydrogen) atoms. The molecule has 2 amide bonds. The predicted octanol–water partition coefficient (Wildman–Crippen LogP) is 9.42. The Morgan fingerprint density at radius 3 is 1.41 bits per heavy atom. The highest BCUT2D eigenvalue weighted by Gasteiger charge is 2.28. The van der Waals surface area contributed by atoms with Crippen molar-refractivity contribution >= 4 is 43.9 Å². The third-order valence-corrected chi connectivity index (χ3v) is 7.74. The lowest BCUT2D eigenvalue weighted by Gasteiger charge is -2.33. The summed E-state index contributed by atoms with van der Waals surface area (Å²) in [5.74, 6) is 0.352. The van der Waals surface area contributed by atoms with Gasteiger partial charge in [-0.15, -0.1) is 0 Å². The molecule has 0 atom stereocenters. The van der Waals surface area contributed by atoms with Gasteiger partial charge in [0.1, 0.15) is 11.5 Å². The van der Waals surface area contributed by atoms with Crippen molar-refractivity contribution in [2.45, 2.75) is 106 Å². The number of aromatic hydroxyl groups is 2. The summed E-state index contributed by atoms with van der Waals surface area (Å²) >= 11 is 6.17. The Labute approximate surface area is 252 Å². The smallest absolute Gasteiger partial charge is 0.239 e. The fourth-order valence-corrected chi connectivity index (χ4v) is 5.98. The number of phenols is 2. The van der Waals surface area contributed by atoms with Gasteiger partial charge < -0.3 is 10.2 Å². The topological polar surface area (TPSA) is 77.8 Å². The molecule has 0 bridgehead atoms. The maximum Gasteiger partial charge on any atom is 0.239 e. The van der Waals surface area contributed by atoms with Crippen LogP contribution in [0.25, 0.3) is 0 Å². The van der Waals surface area contributed by atoms with Crippen molar-refractivity contribution in [1.82, 2.24) is 3.93 Å². The molecule has 1 aliphatic rings. The first-order valence-corrected chi connectivity index (χ1v) is 14.8. The van der Waals surface area contributed by atoms with Gasteiger partial charge in [-0.2, -0.15) is 0 Å². The Morgan fingerprint density at radius 2 is 1.08 bits per heavy atom. The SMILES string of the molecule is CC(C)(C)CC(C)(C)c1ccc(O)c(Br)c1.CC(C)(C)CC(C)(C)c1ccc(O)cc1.O=C1CCC(=O)N1Br. The number of halogens is 2. The molecule has 218 valence electrons. The molecule has 0 unspecified atom stereocenters. The maximum absolute atomic E-state index is 10.4. The summed E-state index contributed by atoms with van der Waals surface area (Å²) in [6, 6.07) is 13.3. The van der Waals surface area contributed by atoms with Crippen LogP contribution in [0.5, 0.6) is 11.5 Å². The average Bonchev–Trinajstić information content (AvgIpc) is 3.04. The largest absolute Gasteiger partial charge is 0.508 e. The Balaban J connectivity index is 0.000000308. The van der Waals surface area contributed by atoms with Crippen LogP contribution in [-0.4, -0.2) is 26.0 Å². The minimum Gasteiger partial charge on any atom is -0.508 e. The van der Waals surface area contributed by atoms with Crippen molar-refractivity contribution in [3.63, 3.8) is 0 Å². The highest BCUT2D eigenvalue weighted by Crippen LogP contribution is 2.39. The number of amides is 2. The van der Waals surface area contributed by atoms with E-state index >= 15 is 0 Å². The standard InChI is InChI=1S/C14H21BrO.C14H22O.C4H4BrNO2/c1-13(2,3)9-14(4,5)10-6-7-12(16)11(15)8-10;1-13(2,3)10-14(4,5)11-6-8-12(15)9-7-11;5-6-3(7)1-2-4(6)8/h6-8,16H,9H2,1-5H3;6-9,15H,10H2,1-5H3;1-2H2. The molecule has 2 aromatic rings. The fraction of sp³-hybridized carbons (Fsp3) is 0.562. The molecule has 0 aliphatic carbocycles. The summed E-state index contributed by atoms with van der Waals surface area (Å²) in [4.78, 5) is 20.9. The molecule has 3 rings (SSSR count). The van der Waals surface area contributed by atoms with Crippen molar-refractivity contribution in [2.24, 2.45) is 10.8 Å². The summed E-state index contributed by atoms with van der Waals surface area (Å²) in [5.41, 5.74) is 3.44. The van der Waals surface area contributed by atoms with Crippen LogP contribution in [0, 0.1) is 10.8 Å². The minimum absolute atomic E-state index is 0.120. The molecule has 0 saturated carbocycles. The molecule has 1 fully saturated rings. The van der Waals surface area contributed by atoms with E-state index in [0.717, 1.165) is 21.2 Å². The van der Waals surface area contributed by atoms with Crippen molar-refractivity contribution in [3.05, 3.63) is 58.1 Å². The molecular formula is C32H47Br2NO4. The molecule has 5 nitrogen and oxygen atoms in total. The number of phenolic OH excluding ortho intramolecular Hbond substituents is 2. The second-order valence-corrected chi connectivity index (χ2v) is 15.6. The summed E-state index contributed by atoms with van der Waals surface area (Å²) < 4.78 is 1.75. The van der Waals surface area contributed by atoms with E-state index in [9.17, 15) is 19.8 Å². The number of rotatable bonds is 4. The Bertz CT molecular complexity index is 1090. The predicted molar refractivity (Wildman–Crippen MR) is 168 cm³/mol. The number of nitrogens with zero attached hydrogens (tertiary/aromatic N) is 1. The first-order chi connectivity index (χ1) is 17.5. The van der Waals surface area contributed by atoms with Gasteiger partial charge in [0.05, 0.1) is 20.6 Å². The third kappa shape index (κ3) is 12.5. The highest BCUT2D eigenvalue weighted by atomic mass is 79.9. The second-order valence-electron chi connectivity index (χ2n) is 14.0. The number of carbonyl (C=O) groups is 2. The van der Waals surface area contributed by atoms with Crippen LogP contribution >= 0.6 is 32.1 Å². The van der Waals surface area contributed by atoms with Gasteiger partial charge in [-0.25, -0.2) is 3.93 Å².